The van der Waals surface area contributed by atoms with Crippen molar-refractivity contribution in [2.24, 2.45) is 0 Å². The van der Waals surface area contributed by atoms with E-state index in [0.717, 1.165) is 6.92 Å². The molecule has 0 fully saturated rings. The fraction of sp³-hybridized carbons (Fsp3) is 0.412. The second-order valence-electron chi connectivity index (χ2n) is 6.44. The first kappa shape index (κ1) is 16.6. The molecule has 0 saturated heterocycles. The highest BCUT2D eigenvalue weighted by molar-refractivity contribution is 5.92. The summed E-state index contributed by atoms with van der Waals surface area (Å²) in [6.07, 6.45) is -4.78. The average Bonchev–Trinajstić information content (AvgIpc) is 2.35. The summed E-state index contributed by atoms with van der Waals surface area (Å²) in [5.74, 6) is 0.324. The molecule has 0 heterocycles. The van der Waals surface area contributed by atoms with Gasteiger partial charge in [0.15, 0.2) is 5.60 Å². The molecule has 0 amide bonds. The Morgan fingerprint density at radius 1 is 0.909 bits per heavy atom. The minimum Gasteiger partial charge on any atom is -0.487 e. The smallest absolute Gasteiger partial charge is 0.421 e. The molecule has 1 N–H and O–H groups in total. The van der Waals surface area contributed by atoms with E-state index < -0.39 is 17.4 Å². The minimum absolute atomic E-state index is 0.211. The SMILES string of the molecule is CC(C)(C)Oc1cccc2cccc(C(C)(O)C(F)(F)F)c12. The Morgan fingerprint density at radius 3 is 1.95 bits per heavy atom. The lowest BCUT2D eigenvalue weighted by atomic mass is 9.90. The van der Waals surface area contributed by atoms with Gasteiger partial charge in [-0.25, -0.2) is 0 Å². The van der Waals surface area contributed by atoms with Crippen LogP contribution in [0.4, 0.5) is 13.2 Å². The maximum atomic E-state index is 13.2. The minimum atomic E-state index is -4.78. The first-order valence-electron chi connectivity index (χ1n) is 6.94. The molecule has 0 radical (unpaired) electrons. The second-order valence-corrected chi connectivity index (χ2v) is 6.44. The summed E-state index contributed by atoms with van der Waals surface area (Å²) < 4.78 is 45.5. The van der Waals surface area contributed by atoms with E-state index in [1.54, 1.807) is 24.3 Å². The van der Waals surface area contributed by atoms with E-state index in [0.29, 0.717) is 11.1 Å². The molecule has 1 unspecified atom stereocenters. The Kier molecular flexibility index (Phi) is 3.90. The third-order valence-electron chi connectivity index (χ3n) is 3.36. The molecule has 5 heteroatoms. The van der Waals surface area contributed by atoms with Gasteiger partial charge in [-0.3, -0.25) is 0 Å². The average molecular weight is 312 g/mol. The van der Waals surface area contributed by atoms with E-state index in [4.69, 9.17) is 4.74 Å². The van der Waals surface area contributed by atoms with Crippen LogP contribution >= 0.6 is 0 Å². The van der Waals surface area contributed by atoms with E-state index >= 15 is 0 Å². The summed E-state index contributed by atoms with van der Waals surface area (Å²) in [5, 5.41) is 10.9. The molecule has 2 nitrogen and oxygen atoms in total. The lowest BCUT2D eigenvalue weighted by Gasteiger charge is -2.30. The topological polar surface area (TPSA) is 29.5 Å². The van der Waals surface area contributed by atoms with Gasteiger partial charge in [-0.05, 0) is 39.1 Å². The fourth-order valence-corrected chi connectivity index (χ4v) is 2.28. The van der Waals surface area contributed by atoms with Crippen molar-refractivity contribution in [3.63, 3.8) is 0 Å². The van der Waals surface area contributed by atoms with Crippen molar-refractivity contribution in [1.29, 1.82) is 0 Å². The van der Waals surface area contributed by atoms with E-state index in [1.165, 1.54) is 12.1 Å². The molecule has 0 spiro atoms. The molecule has 0 aromatic heterocycles. The van der Waals surface area contributed by atoms with Crippen molar-refractivity contribution in [2.45, 2.75) is 45.1 Å². The first-order valence-corrected chi connectivity index (χ1v) is 6.94. The van der Waals surface area contributed by atoms with Crippen molar-refractivity contribution < 1.29 is 23.0 Å². The van der Waals surface area contributed by atoms with Gasteiger partial charge in [0.25, 0.3) is 0 Å². The van der Waals surface area contributed by atoms with Gasteiger partial charge in [-0.1, -0.05) is 30.3 Å². The zero-order chi connectivity index (χ0) is 16.8. The highest BCUT2D eigenvalue weighted by Gasteiger charge is 2.52. The standard InChI is InChI=1S/C17H19F3O2/c1-15(2,3)22-13-10-6-8-11-7-5-9-12(14(11)13)16(4,21)17(18,19)20/h5-10,21H,1-4H3. The summed E-state index contributed by atoms with van der Waals surface area (Å²) in [4.78, 5) is 0. The normalized spacial score (nSPS) is 15.6. The third-order valence-corrected chi connectivity index (χ3v) is 3.36. The predicted molar refractivity (Wildman–Crippen MR) is 80.0 cm³/mol. The van der Waals surface area contributed by atoms with Crippen LogP contribution in [-0.4, -0.2) is 16.9 Å². The van der Waals surface area contributed by atoms with Gasteiger partial charge >= 0.3 is 6.18 Å². The van der Waals surface area contributed by atoms with Crippen molar-refractivity contribution in [1.82, 2.24) is 0 Å². The Labute approximate surface area is 127 Å². The number of rotatable bonds is 2. The van der Waals surface area contributed by atoms with Crippen molar-refractivity contribution in [3.8, 4) is 5.75 Å². The molecule has 2 aromatic carbocycles. The van der Waals surface area contributed by atoms with Crippen molar-refractivity contribution >= 4 is 10.8 Å². The molecule has 120 valence electrons. The van der Waals surface area contributed by atoms with Crippen LogP contribution in [-0.2, 0) is 5.60 Å². The second kappa shape index (κ2) is 5.16. The zero-order valence-electron chi connectivity index (χ0n) is 13.0. The fourth-order valence-electron chi connectivity index (χ4n) is 2.28. The Hall–Kier alpha value is -1.75. The van der Waals surface area contributed by atoms with Crippen LogP contribution in [0.3, 0.4) is 0 Å². The lowest BCUT2D eigenvalue weighted by molar-refractivity contribution is -0.258. The number of alkyl halides is 3. The van der Waals surface area contributed by atoms with E-state index in [-0.39, 0.29) is 10.9 Å². The molecule has 0 bridgehead atoms. The largest absolute Gasteiger partial charge is 0.487 e. The lowest BCUT2D eigenvalue weighted by Crippen LogP contribution is -2.39. The highest BCUT2D eigenvalue weighted by atomic mass is 19.4. The quantitative estimate of drug-likeness (QED) is 0.864. The van der Waals surface area contributed by atoms with E-state index in [9.17, 15) is 18.3 Å². The zero-order valence-corrected chi connectivity index (χ0v) is 13.0. The van der Waals surface area contributed by atoms with Gasteiger partial charge in [0.1, 0.15) is 11.4 Å². The number of ether oxygens (including phenoxy) is 1. The van der Waals surface area contributed by atoms with Crippen LogP contribution in [0.15, 0.2) is 36.4 Å². The third kappa shape index (κ3) is 3.04. The summed E-state index contributed by atoms with van der Waals surface area (Å²) in [7, 11) is 0. The maximum Gasteiger partial charge on any atom is 0.421 e. The molecular weight excluding hydrogens is 293 g/mol. The molecule has 22 heavy (non-hydrogen) atoms. The highest BCUT2D eigenvalue weighted by Crippen LogP contribution is 2.44. The Bertz CT molecular complexity index is 677. The summed E-state index contributed by atoms with van der Waals surface area (Å²) in [6.45, 7) is 6.21. The van der Waals surface area contributed by atoms with Crippen LogP contribution in [0.1, 0.15) is 33.3 Å². The van der Waals surface area contributed by atoms with Crippen LogP contribution in [0.2, 0.25) is 0 Å². The number of aliphatic hydroxyl groups is 1. The summed E-state index contributed by atoms with van der Waals surface area (Å²) >= 11 is 0. The number of hydrogen-bond donors (Lipinski definition) is 1. The number of hydrogen-bond acceptors (Lipinski definition) is 2. The molecule has 1 atom stereocenters. The molecule has 0 saturated carbocycles. The summed E-state index contributed by atoms with van der Waals surface area (Å²) in [5.41, 5.74) is -3.73. The Morgan fingerprint density at radius 2 is 1.45 bits per heavy atom. The number of halogens is 3. The molecular formula is C17H19F3O2. The Balaban J connectivity index is 2.76. The molecule has 2 rings (SSSR count). The molecule has 0 aliphatic heterocycles. The molecule has 0 aliphatic carbocycles. The van der Waals surface area contributed by atoms with Crippen LogP contribution in [0.25, 0.3) is 10.8 Å². The molecule has 2 aromatic rings. The van der Waals surface area contributed by atoms with Gasteiger partial charge < -0.3 is 9.84 Å². The van der Waals surface area contributed by atoms with Gasteiger partial charge in [0, 0.05) is 10.9 Å². The first-order chi connectivity index (χ1) is 9.93. The maximum absolute atomic E-state index is 13.2. The number of benzene rings is 2. The van der Waals surface area contributed by atoms with Crippen molar-refractivity contribution in [3.05, 3.63) is 42.0 Å². The van der Waals surface area contributed by atoms with Gasteiger partial charge in [0.2, 0.25) is 0 Å². The van der Waals surface area contributed by atoms with Crippen LogP contribution in [0.5, 0.6) is 5.75 Å². The van der Waals surface area contributed by atoms with E-state index in [2.05, 4.69) is 0 Å². The summed E-state index contributed by atoms with van der Waals surface area (Å²) in [6, 6.07) is 9.50. The predicted octanol–water partition coefficient (Wildman–Crippen LogP) is 4.79. The number of fused-ring (bicyclic) bond motifs is 1. The van der Waals surface area contributed by atoms with Gasteiger partial charge in [0.05, 0.1) is 0 Å². The van der Waals surface area contributed by atoms with Crippen LogP contribution in [0, 0.1) is 0 Å². The monoisotopic (exact) mass is 312 g/mol. The van der Waals surface area contributed by atoms with Gasteiger partial charge in [-0.15, -0.1) is 0 Å². The van der Waals surface area contributed by atoms with Crippen molar-refractivity contribution in [2.75, 3.05) is 0 Å². The molecule has 0 aliphatic rings. The van der Waals surface area contributed by atoms with Gasteiger partial charge in [-0.2, -0.15) is 13.2 Å². The van der Waals surface area contributed by atoms with E-state index in [1.807, 2.05) is 20.8 Å². The van der Waals surface area contributed by atoms with Crippen LogP contribution < -0.4 is 4.74 Å².